The number of methoxy groups -OCH3 is 1. The third kappa shape index (κ3) is 2.74. The molecule has 1 amide bonds. The molecule has 5 heteroatoms. The van der Waals surface area contributed by atoms with E-state index >= 15 is 0 Å². The molecule has 3 N–H and O–H groups in total. The fraction of sp³-hybridized carbons (Fsp3) is 0.462. The van der Waals surface area contributed by atoms with E-state index in [2.05, 4.69) is 27.3 Å². The SMILES string of the molecule is COCC(N)C(=O)NC1CCc2c(Br)cccc21. The molecule has 98 valence electrons. The Morgan fingerprint density at radius 2 is 2.44 bits per heavy atom. The summed E-state index contributed by atoms with van der Waals surface area (Å²) in [5.41, 5.74) is 8.17. The van der Waals surface area contributed by atoms with Crippen LogP contribution < -0.4 is 11.1 Å². The highest BCUT2D eigenvalue weighted by Gasteiger charge is 2.26. The van der Waals surface area contributed by atoms with Crippen LogP contribution in [0, 0.1) is 0 Å². The van der Waals surface area contributed by atoms with Gasteiger partial charge in [0.2, 0.25) is 5.91 Å². The van der Waals surface area contributed by atoms with Crippen LogP contribution in [-0.4, -0.2) is 25.7 Å². The van der Waals surface area contributed by atoms with Gasteiger partial charge in [0.15, 0.2) is 0 Å². The van der Waals surface area contributed by atoms with Crippen LogP contribution in [0.15, 0.2) is 22.7 Å². The molecule has 0 fully saturated rings. The molecule has 0 heterocycles. The molecule has 0 saturated carbocycles. The molecular weight excluding hydrogens is 296 g/mol. The van der Waals surface area contributed by atoms with Gasteiger partial charge < -0.3 is 15.8 Å². The zero-order chi connectivity index (χ0) is 13.1. The number of hydrogen-bond donors (Lipinski definition) is 2. The van der Waals surface area contributed by atoms with Gasteiger partial charge in [0.25, 0.3) is 0 Å². The molecule has 0 saturated heterocycles. The maximum Gasteiger partial charge on any atom is 0.239 e. The lowest BCUT2D eigenvalue weighted by molar-refractivity contribution is -0.124. The number of fused-ring (bicyclic) bond motifs is 1. The minimum atomic E-state index is -0.605. The zero-order valence-electron chi connectivity index (χ0n) is 10.3. The Morgan fingerprint density at radius 1 is 1.67 bits per heavy atom. The zero-order valence-corrected chi connectivity index (χ0v) is 11.9. The molecule has 2 unspecified atom stereocenters. The third-order valence-corrected chi connectivity index (χ3v) is 3.96. The quantitative estimate of drug-likeness (QED) is 0.886. The molecule has 1 aromatic rings. The Balaban J connectivity index is 2.06. The van der Waals surface area contributed by atoms with Crippen molar-refractivity contribution in [2.75, 3.05) is 13.7 Å². The first-order valence-electron chi connectivity index (χ1n) is 5.95. The topological polar surface area (TPSA) is 64.3 Å². The summed E-state index contributed by atoms with van der Waals surface area (Å²) in [4.78, 5) is 11.9. The van der Waals surface area contributed by atoms with E-state index in [1.807, 2.05) is 12.1 Å². The van der Waals surface area contributed by atoms with E-state index in [4.69, 9.17) is 10.5 Å². The Labute approximate surface area is 115 Å². The van der Waals surface area contributed by atoms with Gasteiger partial charge in [0, 0.05) is 11.6 Å². The number of carbonyl (C=O) groups excluding carboxylic acids is 1. The van der Waals surface area contributed by atoms with Gasteiger partial charge in [-0.1, -0.05) is 28.1 Å². The molecule has 0 spiro atoms. The summed E-state index contributed by atoms with van der Waals surface area (Å²) in [5, 5.41) is 2.98. The maximum atomic E-state index is 11.9. The number of carbonyl (C=O) groups is 1. The highest BCUT2D eigenvalue weighted by molar-refractivity contribution is 9.10. The first kappa shape index (κ1) is 13.5. The van der Waals surface area contributed by atoms with Crippen molar-refractivity contribution in [3.05, 3.63) is 33.8 Å². The molecule has 1 aliphatic carbocycles. The predicted octanol–water partition coefficient (Wildman–Crippen LogP) is 1.53. The fourth-order valence-electron chi connectivity index (χ4n) is 2.29. The highest BCUT2D eigenvalue weighted by atomic mass is 79.9. The van der Waals surface area contributed by atoms with Crippen LogP contribution in [0.4, 0.5) is 0 Å². The average Bonchev–Trinajstić information content (AvgIpc) is 2.74. The second-order valence-corrected chi connectivity index (χ2v) is 5.32. The van der Waals surface area contributed by atoms with Crippen molar-refractivity contribution in [3.63, 3.8) is 0 Å². The third-order valence-electron chi connectivity index (χ3n) is 3.21. The molecule has 2 rings (SSSR count). The number of benzene rings is 1. The monoisotopic (exact) mass is 312 g/mol. The first-order chi connectivity index (χ1) is 8.63. The molecule has 1 aliphatic rings. The van der Waals surface area contributed by atoms with Gasteiger partial charge in [-0.25, -0.2) is 0 Å². The minimum Gasteiger partial charge on any atom is -0.383 e. The number of halogens is 1. The molecule has 2 atom stereocenters. The number of nitrogens with two attached hydrogens (primary N) is 1. The summed E-state index contributed by atoms with van der Waals surface area (Å²) in [6, 6.07) is 5.53. The van der Waals surface area contributed by atoms with Crippen LogP contribution in [0.1, 0.15) is 23.6 Å². The van der Waals surface area contributed by atoms with Crippen molar-refractivity contribution in [1.29, 1.82) is 0 Å². The first-order valence-corrected chi connectivity index (χ1v) is 6.75. The molecule has 0 radical (unpaired) electrons. The van der Waals surface area contributed by atoms with Crippen LogP contribution in [0.2, 0.25) is 0 Å². The van der Waals surface area contributed by atoms with Crippen LogP contribution in [0.25, 0.3) is 0 Å². The maximum absolute atomic E-state index is 11.9. The van der Waals surface area contributed by atoms with Gasteiger partial charge in [-0.05, 0) is 30.0 Å². The Bertz CT molecular complexity index is 451. The molecule has 4 nitrogen and oxygen atoms in total. The van der Waals surface area contributed by atoms with Gasteiger partial charge in [-0.2, -0.15) is 0 Å². The van der Waals surface area contributed by atoms with E-state index in [1.54, 1.807) is 0 Å². The largest absolute Gasteiger partial charge is 0.383 e. The summed E-state index contributed by atoms with van der Waals surface area (Å²) >= 11 is 3.54. The summed E-state index contributed by atoms with van der Waals surface area (Å²) in [6.07, 6.45) is 1.89. The van der Waals surface area contributed by atoms with Crippen molar-refractivity contribution >= 4 is 21.8 Å². The highest BCUT2D eigenvalue weighted by Crippen LogP contribution is 2.35. The summed E-state index contributed by atoms with van der Waals surface area (Å²) in [5.74, 6) is -0.158. The normalized spacial score (nSPS) is 19.4. The van der Waals surface area contributed by atoms with Crippen molar-refractivity contribution in [1.82, 2.24) is 5.32 Å². The smallest absolute Gasteiger partial charge is 0.239 e. The van der Waals surface area contributed by atoms with Crippen molar-refractivity contribution < 1.29 is 9.53 Å². The average molecular weight is 313 g/mol. The van der Waals surface area contributed by atoms with Gasteiger partial charge in [0.05, 0.1) is 12.6 Å². The molecule has 0 bridgehead atoms. The number of nitrogens with one attached hydrogen (secondary N) is 1. The Kier molecular flexibility index (Phi) is 4.37. The van der Waals surface area contributed by atoms with E-state index in [0.717, 1.165) is 17.3 Å². The lowest BCUT2D eigenvalue weighted by Gasteiger charge is -2.17. The second-order valence-electron chi connectivity index (χ2n) is 4.47. The van der Waals surface area contributed by atoms with Crippen molar-refractivity contribution in [2.45, 2.75) is 24.9 Å². The van der Waals surface area contributed by atoms with Crippen molar-refractivity contribution in [3.8, 4) is 0 Å². The molecule has 18 heavy (non-hydrogen) atoms. The summed E-state index contributed by atoms with van der Waals surface area (Å²) in [6.45, 7) is 0.240. The second kappa shape index (κ2) is 5.82. The Morgan fingerprint density at radius 3 is 3.17 bits per heavy atom. The minimum absolute atomic E-state index is 0.0629. The molecular formula is C13H17BrN2O2. The number of ether oxygens (including phenoxy) is 1. The molecule has 1 aromatic carbocycles. The van der Waals surface area contributed by atoms with Gasteiger partial charge in [-0.15, -0.1) is 0 Å². The van der Waals surface area contributed by atoms with Crippen molar-refractivity contribution in [2.24, 2.45) is 5.73 Å². The molecule has 0 aliphatic heterocycles. The number of rotatable bonds is 4. The standard InChI is InChI=1S/C13H17BrN2O2/c1-18-7-11(15)13(17)16-12-6-5-8-9(12)3-2-4-10(8)14/h2-4,11-12H,5-7,15H2,1H3,(H,16,17). The van der Waals surface area contributed by atoms with Crippen LogP contribution in [0.3, 0.4) is 0 Å². The number of hydrogen-bond acceptors (Lipinski definition) is 3. The van der Waals surface area contributed by atoms with Gasteiger partial charge in [-0.3, -0.25) is 4.79 Å². The van der Waals surface area contributed by atoms with Crippen LogP contribution >= 0.6 is 15.9 Å². The summed E-state index contributed by atoms with van der Waals surface area (Å²) < 4.78 is 5.99. The van der Waals surface area contributed by atoms with E-state index in [1.165, 1.54) is 18.2 Å². The van der Waals surface area contributed by atoms with E-state index in [0.29, 0.717) is 0 Å². The lowest BCUT2D eigenvalue weighted by Crippen LogP contribution is -2.44. The fourth-order valence-corrected chi connectivity index (χ4v) is 2.87. The van der Waals surface area contributed by atoms with E-state index in [-0.39, 0.29) is 18.6 Å². The molecule has 0 aromatic heterocycles. The van der Waals surface area contributed by atoms with Gasteiger partial charge in [0.1, 0.15) is 6.04 Å². The van der Waals surface area contributed by atoms with Gasteiger partial charge >= 0.3 is 0 Å². The van der Waals surface area contributed by atoms with E-state index < -0.39 is 6.04 Å². The number of amides is 1. The predicted molar refractivity (Wildman–Crippen MR) is 73.2 cm³/mol. The van der Waals surface area contributed by atoms with Crippen LogP contribution in [0.5, 0.6) is 0 Å². The van der Waals surface area contributed by atoms with Crippen LogP contribution in [-0.2, 0) is 16.0 Å². The Hall–Kier alpha value is -0.910. The van der Waals surface area contributed by atoms with E-state index in [9.17, 15) is 4.79 Å². The summed E-state index contributed by atoms with van der Waals surface area (Å²) in [7, 11) is 1.54. The lowest BCUT2D eigenvalue weighted by atomic mass is 10.1.